The molecule has 1 saturated carbocycles. The van der Waals surface area contributed by atoms with Crippen molar-refractivity contribution < 1.29 is 0 Å². The van der Waals surface area contributed by atoms with Crippen LogP contribution in [0.25, 0.3) is 49.9 Å². The van der Waals surface area contributed by atoms with Crippen molar-refractivity contribution in [2.45, 2.75) is 68.4 Å². The number of thioether (sulfide) groups is 1. The molecular formula is C52H49N3S. The van der Waals surface area contributed by atoms with Gasteiger partial charge in [0.15, 0.2) is 0 Å². The third kappa shape index (κ3) is 7.51. The maximum atomic E-state index is 5.19. The van der Waals surface area contributed by atoms with Crippen molar-refractivity contribution in [3.05, 3.63) is 180 Å². The van der Waals surface area contributed by atoms with Gasteiger partial charge in [0, 0.05) is 50.6 Å². The fourth-order valence-corrected chi connectivity index (χ4v) is 10.4. The summed E-state index contributed by atoms with van der Waals surface area (Å²) in [4.78, 5) is 16.7. The fraction of sp³-hybridized carbons (Fsp3) is 0.212. The number of benzene rings is 4. The van der Waals surface area contributed by atoms with Crippen LogP contribution in [0.1, 0.15) is 80.5 Å². The molecule has 4 heteroatoms. The van der Waals surface area contributed by atoms with Crippen molar-refractivity contribution in [2.24, 2.45) is 4.99 Å². The molecular weight excluding hydrogens is 699 g/mol. The first-order chi connectivity index (χ1) is 27.4. The Morgan fingerprint density at radius 1 is 0.786 bits per heavy atom. The van der Waals surface area contributed by atoms with E-state index in [1.165, 1.54) is 47.3 Å². The highest BCUT2D eigenvalue weighted by Gasteiger charge is 2.37. The van der Waals surface area contributed by atoms with Crippen molar-refractivity contribution in [2.75, 3.05) is 7.05 Å². The molecule has 0 bridgehead atoms. The van der Waals surface area contributed by atoms with Gasteiger partial charge in [0.1, 0.15) is 0 Å². The normalized spacial score (nSPS) is 18.2. The Hall–Kier alpha value is -5.58. The summed E-state index contributed by atoms with van der Waals surface area (Å²) in [7, 11) is 1.92. The molecule has 0 N–H and O–H groups in total. The van der Waals surface area contributed by atoms with Crippen LogP contribution in [0.4, 0.5) is 0 Å². The van der Waals surface area contributed by atoms with Gasteiger partial charge in [-0.1, -0.05) is 159 Å². The minimum absolute atomic E-state index is 0.257. The van der Waals surface area contributed by atoms with Gasteiger partial charge in [-0.05, 0) is 73.1 Å². The topological polar surface area (TPSA) is 38.1 Å². The van der Waals surface area contributed by atoms with Crippen LogP contribution < -0.4 is 0 Å². The summed E-state index contributed by atoms with van der Waals surface area (Å²) in [6.45, 7) is 10.7. The van der Waals surface area contributed by atoms with Gasteiger partial charge in [-0.3, -0.25) is 4.99 Å². The first kappa shape index (κ1) is 37.3. The summed E-state index contributed by atoms with van der Waals surface area (Å²) >= 11 is 2.13. The zero-order chi connectivity index (χ0) is 38.6. The first-order valence-electron chi connectivity index (χ1n) is 19.9. The lowest BCUT2D eigenvalue weighted by molar-refractivity contribution is 0.461. The van der Waals surface area contributed by atoms with Gasteiger partial charge in [0.25, 0.3) is 0 Å². The molecule has 1 aliphatic heterocycles. The molecule has 0 radical (unpaired) electrons. The van der Waals surface area contributed by atoms with Gasteiger partial charge in [0.05, 0.1) is 28.1 Å². The monoisotopic (exact) mass is 747 g/mol. The second-order valence-corrected chi connectivity index (χ2v) is 16.3. The molecule has 278 valence electrons. The van der Waals surface area contributed by atoms with Crippen molar-refractivity contribution in [1.82, 2.24) is 9.97 Å². The molecule has 0 saturated heterocycles. The Morgan fingerprint density at radius 3 is 2.11 bits per heavy atom. The highest BCUT2D eigenvalue weighted by atomic mass is 32.2. The summed E-state index contributed by atoms with van der Waals surface area (Å²) < 4.78 is 0. The van der Waals surface area contributed by atoms with Crippen molar-refractivity contribution in [1.29, 1.82) is 0 Å². The summed E-state index contributed by atoms with van der Waals surface area (Å²) in [5, 5.41) is 2.85. The largest absolute Gasteiger partial charge is 0.288 e. The Balaban J connectivity index is 1.10. The summed E-state index contributed by atoms with van der Waals surface area (Å²) in [5.41, 5.74) is 14.5. The smallest absolute Gasteiger partial charge is 0.0972 e. The lowest BCUT2D eigenvalue weighted by Gasteiger charge is -2.24. The van der Waals surface area contributed by atoms with Gasteiger partial charge in [0.2, 0.25) is 0 Å². The molecule has 1 aliphatic carbocycles. The third-order valence-corrected chi connectivity index (χ3v) is 12.9. The molecule has 3 heterocycles. The van der Waals surface area contributed by atoms with Gasteiger partial charge in [-0.25, -0.2) is 9.97 Å². The van der Waals surface area contributed by atoms with Gasteiger partial charge in [-0.15, -0.1) is 11.8 Å². The van der Waals surface area contributed by atoms with E-state index in [2.05, 4.69) is 160 Å². The number of nitrogens with zero attached hydrogens (tertiary/aromatic N) is 3. The molecule has 8 rings (SSSR count). The van der Waals surface area contributed by atoms with E-state index >= 15 is 0 Å². The van der Waals surface area contributed by atoms with Crippen LogP contribution in [-0.4, -0.2) is 28.0 Å². The van der Waals surface area contributed by atoms with Crippen LogP contribution in [0.2, 0.25) is 0 Å². The van der Waals surface area contributed by atoms with E-state index in [1.807, 2.05) is 31.3 Å². The standard InChI is InChI=1S/C52H49N3S/c1-6-13-34(3)33-35(4)49-44(29-28-43-42-17-11-12-18-48(42)56-52(43)49)47(53-5)32-25-36(14-7-2)37-19-21-39(22-20-37)46-31-27-41-24-23-40-26-30-45(38-15-9-8-10-16-38)54-50(40)51(41)55-46/h6-10,13-16,19-33,35,42,48H,2,11-12,17-18H2,1,3-5H3/b13-6-,32-25+,34-33-,36-14+,53-47?. The number of aromatic nitrogens is 2. The van der Waals surface area contributed by atoms with Gasteiger partial charge >= 0.3 is 0 Å². The average molecular weight is 748 g/mol. The van der Waals surface area contributed by atoms with Crippen LogP contribution in [0, 0.1) is 0 Å². The summed E-state index contributed by atoms with van der Waals surface area (Å²) in [6.07, 6.45) is 20.3. The number of fused-ring (bicyclic) bond motifs is 6. The molecule has 0 amide bonds. The SMILES string of the molecule is C=C/C=C(\C=C\C(=NC)c1ccc2c(c1C(C)/C=C(C)\C=C/C)SC1CCCCC21)c1ccc(-c2ccc3ccc4ccc(-c5ccccc5)nc4c3n2)cc1. The van der Waals surface area contributed by atoms with E-state index in [1.54, 1.807) is 5.56 Å². The minimum Gasteiger partial charge on any atom is -0.288 e. The molecule has 6 aromatic rings. The van der Waals surface area contributed by atoms with Gasteiger partial charge < -0.3 is 0 Å². The van der Waals surface area contributed by atoms with Crippen LogP contribution in [-0.2, 0) is 0 Å². The second kappa shape index (κ2) is 16.6. The lowest BCUT2D eigenvalue weighted by Crippen LogP contribution is -2.15. The Labute approximate surface area is 336 Å². The maximum absolute atomic E-state index is 5.19. The molecule has 3 unspecified atom stereocenters. The Kier molecular flexibility index (Phi) is 11.1. The van der Waals surface area contributed by atoms with Crippen molar-refractivity contribution in [3.63, 3.8) is 0 Å². The summed E-state index contributed by atoms with van der Waals surface area (Å²) in [5.74, 6) is 0.924. The highest BCUT2D eigenvalue weighted by Crippen LogP contribution is 2.55. The van der Waals surface area contributed by atoms with E-state index in [-0.39, 0.29) is 5.92 Å². The van der Waals surface area contributed by atoms with Crippen LogP contribution >= 0.6 is 11.8 Å². The van der Waals surface area contributed by atoms with Crippen LogP contribution in [0.5, 0.6) is 0 Å². The maximum Gasteiger partial charge on any atom is 0.0972 e. The number of rotatable bonds is 10. The minimum atomic E-state index is 0.257. The van der Waals surface area contributed by atoms with Crippen molar-refractivity contribution >= 4 is 44.9 Å². The first-order valence-corrected chi connectivity index (χ1v) is 20.8. The predicted octanol–water partition coefficient (Wildman–Crippen LogP) is 14.1. The molecule has 1 fully saturated rings. The molecule has 4 aromatic carbocycles. The van der Waals surface area contributed by atoms with Gasteiger partial charge in [-0.2, -0.15) is 0 Å². The zero-order valence-electron chi connectivity index (χ0n) is 32.9. The van der Waals surface area contributed by atoms with E-state index in [0.29, 0.717) is 11.2 Å². The summed E-state index contributed by atoms with van der Waals surface area (Å²) in [6, 6.07) is 36.5. The third-order valence-electron chi connectivity index (χ3n) is 11.3. The Morgan fingerprint density at radius 2 is 1.45 bits per heavy atom. The molecule has 3 atom stereocenters. The molecule has 3 nitrogen and oxygen atoms in total. The highest BCUT2D eigenvalue weighted by molar-refractivity contribution is 8.00. The zero-order valence-corrected chi connectivity index (χ0v) is 33.7. The Bertz CT molecular complexity index is 2570. The molecule has 2 aliphatic rings. The number of pyridine rings is 2. The van der Waals surface area contributed by atoms with Crippen LogP contribution in [0.15, 0.2) is 168 Å². The van der Waals surface area contributed by atoms with Crippen molar-refractivity contribution in [3.8, 4) is 22.5 Å². The molecule has 0 spiro atoms. The molecule has 2 aromatic heterocycles. The fourth-order valence-electron chi connectivity index (χ4n) is 8.62. The number of aliphatic imine (C=N–C) groups is 1. The second-order valence-electron chi connectivity index (χ2n) is 15.0. The molecule has 56 heavy (non-hydrogen) atoms. The number of allylic oxidation sites excluding steroid dienone is 9. The van der Waals surface area contributed by atoms with E-state index in [9.17, 15) is 0 Å². The number of hydrogen-bond acceptors (Lipinski definition) is 4. The van der Waals surface area contributed by atoms with E-state index in [4.69, 9.17) is 15.0 Å². The number of hydrogen-bond donors (Lipinski definition) is 0. The van der Waals surface area contributed by atoms with E-state index in [0.717, 1.165) is 61.2 Å². The average Bonchev–Trinajstić information content (AvgIpc) is 3.62. The quantitative estimate of drug-likeness (QED) is 0.0796. The van der Waals surface area contributed by atoms with Crippen LogP contribution in [0.3, 0.4) is 0 Å². The predicted molar refractivity (Wildman–Crippen MR) is 242 cm³/mol. The van der Waals surface area contributed by atoms with E-state index < -0.39 is 0 Å². The lowest BCUT2D eigenvalue weighted by atomic mass is 9.81.